The highest BCUT2D eigenvalue weighted by Crippen LogP contribution is 2.36. The van der Waals surface area contributed by atoms with Crippen molar-refractivity contribution in [1.29, 1.82) is 0 Å². The van der Waals surface area contributed by atoms with Gasteiger partial charge in [-0.1, -0.05) is 0 Å². The number of hydrogen-bond donors (Lipinski definition) is 1. The quantitative estimate of drug-likeness (QED) is 0.598. The second-order valence-corrected chi connectivity index (χ2v) is 10.1. The number of carbonyl (C=O) groups excluding carboxylic acids is 1. The average molecular weight is 454 g/mol. The van der Waals surface area contributed by atoms with Crippen LogP contribution in [0.25, 0.3) is 17.0 Å². The molecular weight excluding hydrogens is 426 g/mol. The largest absolute Gasteiger partial charge is 0.497 e. The summed E-state index contributed by atoms with van der Waals surface area (Å²) in [5.41, 5.74) is 0.129. The molecule has 174 valence electrons. The van der Waals surface area contributed by atoms with E-state index in [1.54, 1.807) is 37.6 Å². The first kappa shape index (κ1) is 23.2. The van der Waals surface area contributed by atoms with Crippen molar-refractivity contribution in [3.05, 3.63) is 42.6 Å². The van der Waals surface area contributed by atoms with Crippen LogP contribution in [0.1, 0.15) is 48.5 Å². The normalized spacial score (nSPS) is 17.4. The number of fused-ring (bicyclic) bond motifs is 1. The van der Waals surface area contributed by atoms with Gasteiger partial charge in [-0.05, 0) is 66.7 Å². The molecule has 0 bridgehead atoms. The van der Waals surface area contributed by atoms with E-state index in [2.05, 4.69) is 15.3 Å². The van der Waals surface area contributed by atoms with E-state index >= 15 is 0 Å². The first-order valence-corrected chi connectivity index (χ1v) is 10.7. The first-order valence-electron chi connectivity index (χ1n) is 10.7. The molecule has 33 heavy (non-hydrogen) atoms. The molecule has 0 saturated carbocycles. The van der Waals surface area contributed by atoms with Crippen LogP contribution in [0.15, 0.2) is 36.8 Å². The summed E-state index contributed by atoms with van der Waals surface area (Å²) in [4.78, 5) is 20.9. The SMILES string of the molecule is CC(C)(C)OC(=O)Nc1ccc(F)c(-c2cn3cc(B4OC(C)(C)C(C)(C)O4)cnc3n2)c1. The van der Waals surface area contributed by atoms with E-state index in [1.807, 2.05) is 33.9 Å². The van der Waals surface area contributed by atoms with Crippen LogP contribution in [-0.2, 0) is 14.0 Å². The number of halogens is 1. The number of hydrogen-bond acceptors (Lipinski definition) is 6. The van der Waals surface area contributed by atoms with E-state index in [-0.39, 0.29) is 5.56 Å². The number of amides is 1. The maximum atomic E-state index is 14.6. The zero-order chi connectivity index (χ0) is 24.2. The molecule has 0 atom stereocenters. The number of benzene rings is 1. The summed E-state index contributed by atoms with van der Waals surface area (Å²) in [6.45, 7) is 13.2. The van der Waals surface area contributed by atoms with Gasteiger partial charge < -0.3 is 14.0 Å². The Hall–Kier alpha value is -2.98. The lowest BCUT2D eigenvalue weighted by molar-refractivity contribution is 0.00578. The Balaban J connectivity index is 1.61. The molecule has 1 amide bonds. The van der Waals surface area contributed by atoms with Crippen molar-refractivity contribution in [1.82, 2.24) is 14.4 Å². The molecule has 1 saturated heterocycles. The van der Waals surface area contributed by atoms with Crippen LogP contribution in [0.4, 0.5) is 14.9 Å². The number of rotatable bonds is 3. The number of imidazole rings is 1. The molecule has 8 nitrogen and oxygen atoms in total. The summed E-state index contributed by atoms with van der Waals surface area (Å²) >= 11 is 0. The number of aromatic nitrogens is 3. The van der Waals surface area contributed by atoms with Gasteiger partial charge in [0.25, 0.3) is 0 Å². The van der Waals surface area contributed by atoms with Crippen LogP contribution in [-0.4, -0.2) is 44.4 Å². The van der Waals surface area contributed by atoms with Crippen LogP contribution in [0.3, 0.4) is 0 Å². The van der Waals surface area contributed by atoms with Crippen LogP contribution in [0.5, 0.6) is 0 Å². The van der Waals surface area contributed by atoms with Gasteiger partial charge in [0.1, 0.15) is 11.4 Å². The first-order chi connectivity index (χ1) is 15.2. The second kappa shape index (κ2) is 7.81. The summed E-state index contributed by atoms with van der Waals surface area (Å²) in [5.74, 6) is -0.0745. The van der Waals surface area contributed by atoms with Gasteiger partial charge in [0, 0.05) is 35.3 Å². The van der Waals surface area contributed by atoms with Gasteiger partial charge in [0.05, 0.1) is 16.9 Å². The third-order valence-electron chi connectivity index (χ3n) is 5.74. The predicted molar refractivity (Wildman–Crippen MR) is 124 cm³/mol. The van der Waals surface area contributed by atoms with Gasteiger partial charge in [-0.15, -0.1) is 0 Å². The highest BCUT2D eigenvalue weighted by atomic mass is 19.1. The Kier molecular flexibility index (Phi) is 5.49. The zero-order valence-electron chi connectivity index (χ0n) is 19.9. The molecular formula is C23H28BFN4O4. The number of anilines is 1. The third-order valence-corrected chi connectivity index (χ3v) is 5.74. The highest BCUT2D eigenvalue weighted by Gasteiger charge is 2.52. The van der Waals surface area contributed by atoms with Gasteiger partial charge in [0.15, 0.2) is 0 Å². The maximum absolute atomic E-state index is 14.6. The molecule has 10 heteroatoms. The molecule has 3 aromatic rings. The Morgan fingerprint density at radius 2 is 1.82 bits per heavy atom. The summed E-state index contributed by atoms with van der Waals surface area (Å²) in [7, 11) is -0.573. The zero-order valence-corrected chi connectivity index (χ0v) is 19.9. The summed E-state index contributed by atoms with van der Waals surface area (Å²) in [6, 6.07) is 4.25. The van der Waals surface area contributed by atoms with Crippen molar-refractivity contribution in [3.8, 4) is 11.3 Å². The van der Waals surface area contributed by atoms with Crippen molar-refractivity contribution >= 4 is 30.1 Å². The maximum Gasteiger partial charge on any atom is 0.497 e. The molecule has 1 aromatic carbocycles. The van der Waals surface area contributed by atoms with Crippen molar-refractivity contribution < 1.29 is 23.2 Å². The minimum atomic E-state index is -0.644. The fraction of sp³-hybridized carbons (Fsp3) is 0.435. The van der Waals surface area contributed by atoms with Crippen molar-refractivity contribution in [3.63, 3.8) is 0 Å². The molecule has 0 unspecified atom stereocenters. The van der Waals surface area contributed by atoms with Gasteiger partial charge in [0.2, 0.25) is 5.78 Å². The Morgan fingerprint density at radius 1 is 1.15 bits per heavy atom. The fourth-order valence-electron chi connectivity index (χ4n) is 3.35. The lowest BCUT2D eigenvalue weighted by Gasteiger charge is -2.32. The van der Waals surface area contributed by atoms with E-state index in [9.17, 15) is 9.18 Å². The molecule has 4 rings (SSSR count). The minimum Gasteiger partial charge on any atom is -0.444 e. The van der Waals surface area contributed by atoms with Crippen molar-refractivity contribution in [2.45, 2.75) is 65.3 Å². The van der Waals surface area contributed by atoms with Crippen LogP contribution < -0.4 is 10.8 Å². The lowest BCUT2D eigenvalue weighted by atomic mass is 9.81. The fourth-order valence-corrected chi connectivity index (χ4v) is 3.35. The second-order valence-electron chi connectivity index (χ2n) is 10.1. The van der Waals surface area contributed by atoms with E-state index in [0.29, 0.717) is 17.2 Å². The molecule has 2 aromatic heterocycles. The van der Waals surface area contributed by atoms with E-state index in [1.165, 1.54) is 18.2 Å². The van der Waals surface area contributed by atoms with Crippen LogP contribution in [0.2, 0.25) is 0 Å². The monoisotopic (exact) mass is 454 g/mol. The number of carbonyl (C=O) groups is 1. The topological polar surface area (TPSA) is 87.0 Å². The van der Waals surface area contributed by atoms with E-state index in [0.717, 1.165) is 5.46 Å². The molecule has 0 aliphatic carbocycles. The molecule has 1 fully saturated rings. The van der Waals surface area contributed by atoms with Gasteiger partial charge in [-0.25, -0.2) is 19.2 Å². The molecule has 3 heterocycles. The summed E-state index contributed by atoms with van der Waals surface area (Å²) < 4.78 is 33.8. The summed E-state index contributed by atoms with van der Waals surface area (Å²) in [5, 5.41) is 2.62. The lowest BCUT2D eigenvalue weighted by Crippen LogP contribution is -2.41. The van der Waals surface area contributed by atoms with Gasteiger partial charge >= 0.3 is 13.2 Å². The van der Waals surface area contributed by atoms with Crippen LogP contribution >= 0.6 is 0 Å². The Labute approximate surface area is 192 Å². The van der Waals surface area contributed by atoms with E-state index < -0.39 is 35.8 Å². The standard InChI is InChI=1S/C23H28BFN4O4/c1-21(2,3)31-20(30)27-15-8-9-17(25)16(10-15)18-13-29-12-14(11-26-19(29)28-18)24-32-22(4,5)23(6,7)33-24/h8-13H,1-7H3,(H,27,30). The molecule has 0 spiro atoms. The Morgan fingerprint density at radius 3 is 2.45 bits per heavy atom. The summed E-state index contributed by atoms with van der Waals surface area (Å²) in [6.07, 6.45) is 4.50. The van der Waals surface area contributed by atoms with E-state index in [4.69, 9.17) is 14.0 Å². The van der Waals surface area contributed by atoms with Crippen molar-refractivity contribution in [2.24, 2.45) is 0 Å². The van der Waals surface area contributed by atoms with Crippen LogP contribution in [0, 0.1) is 5.82 Å². The Bertz CT molecular complexity index is 1200. The van der Waals surface area contributed by atoms with Gasteiger partial charge in [-0.3, -0.25) is 9.72 Å². The highest BCUT2D eigenvalue weighted by molar-refractivity contribution is 6.61. The van der Waals surface area contributed by atoms with Crippen molar-refractivity contribution in [2.75, 3.05) is 5.32 Å². The molecule has 0 radical (unpaired) electrons. The number of ether oxygens (including phenoxy) is 1. The number of nitrogens with zero attached hydrogens (tertiary/aromatic N) is 3. The molecule has 1 aliphatic rings. The molecule has 1 N–H and O–H groups in total. The average Bonchev–Trinajstić information content (AvgIpc) is 3.18. The molecule has 1 aliphatic heterocycles. The minimum absolute atomic E-state index is 0.228. The number of nitrogens with one attached hydrogen (secondary N) is 1. The predicted octanol–water partition coefficient (Wildman–Crippen LogP) is 4.18. The smallest absolute Gasteiger partial charge is 0.444 e. The third kappa shape index (κ3) is 4.72. The van der Waals surface area contributed by atoms with Gasteiger partial charge in [-0.2, -0.15) is 0 Å².